The van der Waals surface area contributed by atoms with Crippen LogP contribution in [-0.2, 0) is 33.8 Å². The molecule has 3 N–H and O–H groups in total. The molecule has 1 heterocycles. The highest BCUT2D eigenvalue weighted by Crippen LogP contribution is 2.68. The van der Waals surface area contributed by atoms with Crippen molar-refractivity contribution >= 4 is 23.9 Å². The third-order valence-electron chi connectivity index (χ3n) is 13.4. The van der Waals surface area contributed by atoms with Crippen molar-refractivity contribution < 1.29 is 24.2 Å². The van der Waals surface area contributed by atoms with E-state index in [4.69, 9.17) is 9.84 Å². The second-order valence-electron chi connectivity index (χ2n) is 16.3. The molecule has 4 aliphatic rings. The van der Waals surface area contributed by atoms with Gasteiger partial charge in [-0.25, -0.2) is 4.68 Å². The maximum atomic E-state index is 14.3. The van der Waals surface area contributed by atoms with Gasteiger partial charge in [0.05, 0.1) is 23.7 Å². The van der Waals surface area contributed by atoms with Gasteiger partial charge in [0.1, 0.15) is 0 Å². The average Bonchev–Trinajstić information content (AvgIpc) is 3.72. The summed E-state index contributed by atoms with van der Waals surface area (Å²) >= 11 is 0. The SMILES string of the molecule is CCC(=O)OC1(C(=O)NCc2ccccc2)CCC2C3CCC4=Cc5c(cnn5-c5cccc(C(=O)NCc6ccccc6)c5)CC4(C)C3C(O)CC21C. The molecule has 0 aliphatic heterocycles. The van der Waals surface area contributed by atoms with Gasteiger partial charge < -0.3 is 20.5 Å². The molecular formula is C45H50N4O5. The van der Waals surface area contributed by atoms with Crippen LogP contribution in [0.2, 0.25) is 0 Å². The van der Waals surface area contributed by atoms with Crippen molar-refractivity contribution in [3.63, 3.8) is 0 Å². The molecule has 9 nitrogen and oxygen atoms in total. The van der Waals surface area contributed by atoms with E-state index in [1.165, 1.54) is 5.57 Å². The van der Waals surface area contributed by atoms with Crippen LogP contribution in [0.4, 0.5) is 0 Å². The molecule has 280 valence electrons. The smallest absolute Gasteiger partial charge is 0.306 e. The number of rotatable bonds is 9. The maximum Gasteiger partial charge on any atom is 0.306 e. The van der Waals surface area contributed by atoms with E-state index in [9.17, 15) is 19.5 Å². The van der Waals surface area contributed by atoms with E-state index in [2.05, 4.69) is 30.6 Å². The molecule has 54 heavy (non-hydrogen) atoms. The van der Waals surface area contributed by atoms with Crippen LogP contribution in [-0.4, -0.2) is 44.4 Å². The Kier molecular flexibility index (Phi) is 9.33. The van der Waals surface area contributed by atoms with Gasteiger partial charge in [-0.05, 0) is 103 Å². The number of aliphatic hydroxyl groups excluding tert-OH is 1. The quantitative estimate of drug-likeness (QED) is 0.160. The number of hydrogen-bond donors (Lipinski definition) is 3. The summed E-state index contributed by atoms with van der Waals surface area (Å²) in [5.41, 5.74) is 4.46. The predicted molar refractivity (Wildman–Crippen MR) is 206 cm³/mol. The summed E-state index contributed by atoms with van der Waals surface area (Å²) in [5.74, 6) is -0.547. The number of ether oxygens (including phenoxy) is 1. The Bertz CT molecular complexity index is 2090. The third-order valence-corrected chi connectivity index (χ3v) is 13.4. The normalized spacial score (nSPS) is 29.4. The number of allylic oxidation sites excluding steroid dienone is 1. The molecule has 2 amide bonds. The van der Waals surface area contributed by atoms with Crippen molar-refractivity contribution in [1.29, 1.82) is 0 Å². The monoisotopic (exact) mass is 726 g/mol. The Hall–Kier alpha value is -5.02. The van der Waals surface area contributed by atoms with Gasteiger partial charge in [0.25, 0.3) is 11.8 Å². The van der Waals surface area contributed by atoms with Gasteiger partial charge in [0.15, 0.2) is 5.60 Å². The van der Waals surface area contributed by atoms with Gasteiger partial charge in [-0.2, -0.15) is 5.10 Å². The maximum absolute atomic E-state index is 14.3. The van der Waals surface area contributed by atoms with Gasteiger partial charge in [0.2, 0.25) is 0 Å². The minimum absolute atomic E-state index is 0.0197. The standard InChI is InChI=1S/C45H50N4O5/c1-4-39(51)54-45(42(53)47-27-30-14-9-6-10-15-30)21-20-36-35-19-18-33-23-37-32(24-43(33,2)40(35)38(50)25-44(36,45)3)28-48-49(37)34-17-11-16-31(22-34)41(52)46-26-29-12-7-5-8-13-29/h5-17,22-23,28,35-36,38,40,50H,4,18-21,24-27H2,1-3H3,(H,46,52)(H,47,53). The molecule has 0 bridgehead atoms. The number of nitrogens with zero attached hydrogens (tertiary/aromatic N) is 2. The van der Waals surface area contributed by atoms with Crippen molar-refractivity contribution in [2.24, 2.45) is 28.6 Å². The van der Waals surface area contributed by atoms with Crippen LogP contribution in [0.15, 0.2) is 96.7 Å². The van der Waals surface area contributed by atoms with E-state index in [0.717, 1.165) is 53.8 Å². The first-order valence-electron chi connectivity index (χ1n) is 19.5. The van der Waals surface area contributed by atoms with E-state index < -0.39 is 17.1 Å². The van der Waals surface area contributed by atoms with E-state index in [1.807, 2.05) is 95.8 Å². The molecular weight excluding hydrogens is 677 g/mol. The van der Waals surface area contributed by atoms with Gasteiger partial charge in [-0.15, -0.1) is 0 Å². The lowest BCUT2D eigenvalue weighted by molar-refractivity contribution is -0.201. The van der Waals surface area contributed by atoms with E-state index in [-0.39, 0.29) is 47.4 Å². The summed E-state index contributed by atoms with van der Waals surface area (Å²) in [4.78, 5) is 40.5. The molecule has 3 saturated carbocycles. The van der Waals surface area contributed by atoms with E-state index in [1.54, 1.807) is 6.92 Å². The van der Waals surface area contributed by atoms with Gasteiger partial charge >= 0.3 is 5.97 Å². The molecule has 0 radical (unpaired) electrons. The van der Waals surface area contributed by atoms with E-state index >= 15 is 0 Å². The lowest BCUT2D eigenvalue weighted by Crippen LogP contribution is -2.64. The van der Waals surface area contributed by atoms with Crippen LogP contribution < -0.4 is 10.6 Å². The molecule has 7 atom stereocenters. The molecule has 9 heteroatoms. The number of aliphatic hydroxyl groups is 1. The molecule has 1 aromatic heterocycles. The van der Waals surface area contributed by atoms with Crippen molar-refractivity contribution in [2.75, 3.05) is 0 Å². The van der Waals surface area contributed by atoms with Crippen LogP contribution >= 0.6 is 0 Å². The highest BCUT2D eigenvalue weighted by atomic mass is 16.6. The summed E-state index contributed by atoms with van der Waals surface area (Å²) in [5, 5.41) is 23.3. The third kappa shape index (κ3) is 5.97. The summed E-state index contributed by atoms with van der Waals surface area (Å²) in [6, 6.07) is 27.2. The summed E-state index contributed by atoms with van der Waals surface area (Å²) in [6.45, 7) is 6.93. The van der Waals surface area contributed by atoms with Gasteiger partial charge in [-0.1, -0.05) is 93.1 Å². The second-order valence-corrected chi connectivity index (χ2v) is 16.3. The van der Waals surface area contributed by atoms with Gasteiger partial charge in [-0.3, -0.25) is 14.4 Å². The van der Waals surface area contributed by atoms with Gasteiger partial charge in [0, 0.05) is 30.5 Å². The van der Waals surface area contributed by atoms with Crippen molar-refractivity contribution in [3.05, 3.63) is 125 Å². The molecule has 3 aromatic carbocycles. The van der Waals surface area contributed by atoms with Crippen molar-refractivity contribution in [2.45, 2.75) is 90.5 Å². The first-order valence-corrected chi connectivity index (χ1v) is 19.5. The zero-order valence-corrected chi connectivity index (χ0v) is 31.4. The summed E-state index contributed by atoms with van der Waals surface area (Å²) in [6.07, 6.45) is 7.75. The highest BCUT2D eigenvalue weighted by molar-refractivity contribution is 5.94. The number of fused-ring (bicyclic) bond motifs is 6. The fourth-order valence-corrected chi connectivity index (χ4v) is 10.8. The predicted octanol–water partition coefficient (Wildman–Crippen LogP) is 6.96. The molecule has 3 fully saturated rings. The number of aromatic nitrogens is 2. The number of esters is 1. The van der Waals surface area contributed by atoms with Crippen molar-refractivity contribution in [3.8, 4) is 5.69 Å². The molecule has 7 unspecified atom stereocenters. The van der Waals surface area contributed by atoms with Crippen LogP contribution in [0.5, 0.6) is 0 Å². The number of hydrogen-bond acceptors (Lipinski definition) is 6. The van der Waals surface area contributed by atoms with Crippen LogP contribution in [0.3, 0.4) is 0 Å². The minimum Gasteiger partial charge on any atom is -0.448 e. The van der Waals surface area contributed by atoms with Crippen LogP contribution in [0.1, 0.15) is 92.0 Å². The zero-order chi connectivity index (χ0) is 37.7. The highest BCUT2D eigenvalue weighted by Gasteiger charge is 2.70. The molecule has 4 aliphatic carbocycles. The Morgan fingerprint density at radius 3 is 2.33 bits per heavy atom. The zero-order valence-electron chi connectivity index (χ0n) is 31.4. The first-order chi connectivity index (χ1) is 26.1. The number of benzene rings is 3. The number of amides is 2. The average molecular weight is 727 g/mol. The summed E-state index contributed by atoms with van der Waals surface area (Å²) in [7, 11) is 0. The van der Waals surface area contributed by atoms with Crippen LogP contribution in [0.25, 0.3) is 11.8 Å². The summed E-state index contributed by atoms with van der Waals surface area (Å²) < 4.78 is 8.20. The Balaban J connectivity index is 1.04. The molecule has 4 aromatic rings. The fourth-order valence-electron chi connectivity index (χ4n) is 10.8. The number of nitrogens with one attached hydrogen (secondary N) is 2. The molecule has 8 rings (SSSR count). The lowest BCUT2D eigenvalue weighted by atomic mass is 9.45. The molecule has 0 saturated heterocycles. The lowest BCUT2D eigenvalue weighted by Gasteiger charge is -2.60. The molecule has 0 spiro atoms. The fraction of sp³-hybridized carbons (Fsp3) is 0.422. The second kappa shape index (κ2) is 14.0. The largest absolute Gasteiger partial charge is 0.448 e. The topological polar surface area (TPSA) is 123 Å². The Morgan fingerprint density at radius 1 is 0.926 bits per heavy atom. The number of carbonyl (C=O) groups excluding carboxylic acids is 3. The Labute approximate surface area is 317 Å². The van der Waals surface area contributed by atoms with E-state index in [0.29, 0.717) is 31.5 Å². The number of carbonyl (C=O) groups is 3. The minimum atomic E-state index is -1.35. The Morgan fingerprint density at radius 2 is 1.63 bits per heavy atom. The van der Waals surface area contributed by atoms with Crippen molar-refractivity contribution in [1.82, 2.24) is 20.4 Å². The first kappa shape index (κ1) is 36.0. The van der Waals surface area contributed by atoms with Crippen LogP contribution in [0, 0.1) is 28.6 Å².